The lowest BCUT2D eigenvalue weighted by Gasteiger charge is -2.08. The quantitative estimate of drug-likeness (QED) is 0.670. The SMILES string of the molecule is CNc1nc(NCc2c(C)nn(C)c2C)c2cn[nH]c2n1. The predicted molar refractivity (Wildman–Crippen MR) is 81.2 cm³/mol. The van der Waals surface area contributed by atoms with Gasteiger partial charge in [0.2, 0.25) is 5.95 Å². The van der Waals surface area contributed by atoms with Crippen LogP contribution in [0.15, 0.2) is 6.20 Å². The minimum atomic E-state index is 0.550. The summed E-state index contributed by atoms with van der Waals surface area (Å²) in [5.41, 5.74) is 4.05. The standard InChI is InChI=1S/C13H18N8/c1-7-9(8(2)21(4)20-7)5-15-11-10-6-16-19-12(10)18-13(14-3)17-11/h6H,5H2,1-4H3,(H3,14,15,16,17,18,19). The Kier molecular flexibility index (Phi) is 3.20. The fourth-order valence-electron chi connectivity index (χ4n) is 2.33. The van der Waals surface area contributed by atoms with Gasteiger partial charge in [0, 0.05) is 31.9 Å². The number of nitrogens with zero attached hydrogens (tertiary/aromatic N) is 5. The first kappa shape index (κ1) is 13.3. The van der Waals surface area contributed by atoms with Gasteiger partial charge in [0.15, 0.2) is 5.65 Å². The molecule has 0 aliphatic carbocycles. The van der Waals surface area contributed by atoms with Crippen LogP contribution in [0.1, 0.15) is 17.0 Å². The molecule has 3 heterocycles. The molecule has 0 saturated carbocycles. The predicted octanol–water partition coefficient (Wildman–Crippen LogP) is 1.36. The molecule has 0 aliphatic rings. The molecule has 0 fully saturated rings. The number of hydrogen-bond acceptors (Lipinski definition) is 6. The summed E-state index contributed by atoms with van der Waals surface area (Å²) in [7, 11) is 3.74. The number of anilines is 2. The molecule has 8 nitrogen and oxygen atoms in total. The topological polar surface area (TPSA) is 96.3 Å². The van der Waals surface area contributed by atoms with Crippen LogP contribution in [0.5, 0.6) is 0 Å². The molecule has 3 N–H and O–H groups in total. The molecule has 21 heavy (non-hydrogen) atoms. The minimum absolute atomic E-state index is 0.550. The van der Waals surface area contributed by atoms with E-state index in [-0.39, 0.29) is 0 Å². The number of rotatable bonds is 4. The molecular weight excluding hydrogens is 268 g/mol. The molecule has 3 rings (SSSR count). The summed E-state index contributed by atoms with van der Waals surface area (Å²) in [6.07, 6.45) is 1.72. The van der Waals surface area contributed by atoms with Gasteiger partial charge in [-0.3, -0.25) is 9.78 Å². The molecule has 0 atom stereocenters. The van der Waals surface area contributed by atoms with E-state index in [1.807, 2.05) is 18.7 Å². The fourth-order valence-corrected chi connectivity index (χ4v) is 2.33. The maximum Gasteiger partial charge on any atom is 0.226 e. The average molecular weight is 286 g/mol. The van der Waals surface area contributed by atoms with Gasteiger partial charge in [-0.05, 0) is 13.8 Å². The van der Waals surface area contributed by atoms with Gasteiger partial charge in [0.25, 0.3) is 0 Å². The number of nitrogens with one attached hydrogen (secondary N) is 3. The van der Waals surface area contributed by atoms with Crippen LogP contribution in [0.3, 0.4) is 0 Å². The van der Waals surface area contributed by atoms with E-state index in [1.54, 1.807) is 13.2 Å². The lowest BCUT2D eigenvalue weighted by atomic mass is 10.2. The van der Waals surface area contributed by atoms with Gasteiger partial charge in [-0.15, -0.1) is 0 Å². The average Bonchev–Trinajstić information content (AvgIpc) is 3.03. The molecule has 0 saturated heterocycles. The highest BCUT2D eigenvalue weighted by atomic mass is 15.3. The zero-order valence-corrected chi connectivity index (χ0v) is 12.5. The van der Waals surface area contributed by atoms with Crippen molar-refractivity contribution in [1.29, 1.82) is 0 Å². The van der Waals surface area contributed by atoms with Gasteiger partial charge in [0.05, 0.1) is 17.3 Å². The second-order valence-corrected chi connectivity index (χ2v) is 4.90. The molecular formula is C13H18N8. The molecule has 0 bridgehead atoms. The summed E-state index contributed by atoms with van der Waals surface area (Å²) in [6, 6.07) is 0. The number of H-pyrrole nitrogens is 1. The molecule has 3 aromatic heterocycles. The fraction of sp³-hybridized carbons (Fsp3) is 0.385. The van der Waals surface area contributed by atoms with Crippen molar-refractivity contribution < 1.29 is 0 Å². The van der Waals surface area contributed by atoms with Crippen LogP contribution in [0.25, 0.3) is 11.0 Å². The van der Waals surface area contributed by atoms with E-state index < -0.39 is 0 Å². The Balaban J connectivity index is 1.92. The molecule has 0 unspecified atom stereocenters. The van der Waals surface area contributed by atoms with Crippen LogP contribution < -0.4 is 10.6 Å². The first-order valence-corrected chi connectivity index (χ1v) is 6.72. The highest BCUT2D eigenvalue weighted by Gasteiger charge is 2.12. The molecule has 0 amide bonds. The first-order chi connectivity index (χ1) is 10.1. The number of aromatic nitrogens is 6. The Morgan fingerprint density at radius 1 is 1.29 bits per heavy atom. The maximum atomic E-state index is 4.45. The summed E-state index contributed by atoms with van der Waals surface area (Å²) in [5.74, 6) is 1.30. The third-order valence-corrected chi connectivity index (χ3v) is 3.62. The maximum absolute atomic E-state index is 4.45. The Morgan fingerprint density at radius 2 is 2.10 bits per heavy atom. The zero-order chi connectivity index (χ0) is 15.0. The van der Waals surface area contributed by atoms with Crippen molar-refractivity contribution in [3.63, 3.8) is 0 Å². The lowest BCUT2D eigenvalue weighted by molar-refractivity contribution is 0.730. The van der Waals surface area contributed by atoms with Crippen molar-refractivity contribution in [2.24, 2.45) is 7.05 Å². The van der Waals surface area contributed by atoms with E-state index in [1.165, 1.54) is 5.56 Å². The number of aryl methyl sites for hydroxylation is 2. The summed E-state index contributed by atoms with van der Waals surface area (Å²) in [4.78, 5) is 8.76. The van der Waals surface area contributed by atoms with Gasteiger partial charge in [0.1, 0.15) is 5.82 Å². The number of fused-ring (bicyclic) bond motifs is 1. The monoisotopic (exact) mass is 286 g/mol. The summed E-state index contributed by atoms with van der Waals surface area (Å²) in [5, 5.41) is 18.5. The van der Waals surface area contributed by atoms with Crippen molar-refractivity contribution in [1.82, 2.24) is 29.9 Å². The summed E-state index contributed by atoms with van der Waals surface area (Å²) >= 11 is 0. The van der Waals surface area contributed by atoms with E-state index in [4.69, 9.17) is 0 Å². The lowest BCUT2D eigenvalue weighted by Crippen LogP contribution is -2.06. The smallest absolute Gasteiger partial charge is 0.226 e. The highest BCUT2D eigenvalue weighted by Crippen LogP contribution is 2.21. The summed E-state index contributed by atoms with van der Waals surface area (Å²) in [6.45, 7) is 4.73. The Bertz CT molecular complexity index is 785. The first-order valence-electron chi connectivity index (χ1n) is 6.72. The van der Waals surface area contributed by atoms with Crippen molar-refractivity contribution in [3.05, 3.63) is 23.1 Å². The van der Waals surface area contributed by atoms with Crippen LogP contribution in [0.2, 0.25) is 0 Å². The molecule has 0 aromatic carbocycles. The van der Waals surface area contributed by atoms with Gasteiger partial charge in [-0.2, -0.15) is 20.2 Å². The Hall–Kier alpha value is -2.64. The third-order valence-electron chi connectivity index (χ3n) is 3.62. The largest absolute Gasteiger partial charge is 0.365 e. The molecule has 0 aliphatic heterocycles. The van der Waals surface area contributed by atoms with Crippen LogP contribution in [-0.4, -0.2) is 37.0 Å². The van der Waals surface area contributed by atoms with Gasteiger partial charge < -0.3 is 10.6 Å². The van der Waals surface area contributed by atoms with Gasteiger partial charge in [-0.1, -0.05) is 0 Å². The molecule has 8 heteroatoms. The molecule has 110 valence electrons. The van der Waals surface area contributed by atoms with Crippen molar-refractivity contribution >= 4 is 22.8 Å². The molecule has 0 radical (unpaired) electrons. The van der Waals surface area contributed by atoms with E-state index in [0.29, 0.717) is 18.1 Å². The minimum Gasteiger partial charge on any atom is -0.365 e. The molecule has 0 spiro atoms. The van der Waals surface area contributed by atoms with E-state index in [9.17, 15) is 0 Å². The van der Waals surface area contributed by atoms with Crippen molar-refractivity contribution in [2.75, 3.05) is 17.7 Å². The second-order valence-electron chi connectivity index (χ2n) is 4.90. The number of hydrogen-bond donors (Lipinski definition) is 3. The number of aromatic amines is 1. The van der Waals surface area contributed by atoms with Gasteiger partial charge >= 0.3 is 0 Å². The van der Waals surface area contributed by atoms with E-state index in [0.717, 1.165) is 22.6 Å². The van der Waals surface area contributed by atoms with Crippen LogP contribution in [0.4, 0.5) is 11.8 Å². The van der Waals surface area contributed by atoms with Gasteiger partial charge in [-0.25, -0.2) is 0 Å². The van der Waals surface area contributed by atoms with Crippen LogP contribution in [0, 0.1) is 13.8 Å². The second kappa shape index (κ2) is 5.04. The van der Waals surface area contributed by atoms with Crippen molar-refractivity contribution in [2.45, 2.75) is 20.4 Å². The summed E-state index contributed by atoms with van der Waals surface area (Å²) < 4.78 is 1.89. The van der Waals surface area contributed by atoms with Crippen molar-refractivity contribution in [3.8, 4) is 0 Å². The van der Waals surface area contributed by atoms with Crippen LogP contribution >= 0.6 is 0 Å². The highest BCUT2D eigenvalue weighted by molar-refractivity contribution is 5.86. The third kappa shape index (κ3) is 2.28. The Morgan fingerprint density at radius 3 is 2.76 bits per heavy atom. The zero-order valence-electron chi connectivity index (χ0n) is 12.5. The Labute approximate surface area is 122 Å². The van der Waals surface area contributed by atoms with E-state index in [2.05, 4.69) is 42.8 Å². The van der Waals surface area contributed by atoms with Crippen LogP contribution in [-0.2, 0) is 13.6 Å². The molecule has 3 aromatic rings. The normalized spacial score (nSPS) is 11.0. The van der Waals surface area contributed by atoms with E-state index >= 15 is 0 Å².